The standard InChI is InChI=1S/C22H25NO2/c1-22-10-9-14-12-16-19(24)5-2-6-20(16)25-21(14)18(22)8-7-17(22)15-4-3-11-23-13-15/h3-4,11-13,17-18,21H,2,5-10H2,1H3/t17-,18+,21-,22-/m1/s1. The maximum Gasteiger partial charge on any atom is 0.166 e. The highest BCUT2D eigenvalue weighted by atomic mass is 16.5. The highest BCUT2D eigenvalue weighted by Gasteiger charge is 2.54. The molecule has 0 saturated heterocycles. The average Bonchev–Trinajstić information content (AvgIpc) is 2.99. The van der Waals surface area contributed by atoms with E-state index in [-0.39, 0.29) is 17.3 Å². The van der Waals surface area contributed by atoms with Gasteiger partial charge in [-0.25, -0.2) is 0 Å². The first-order chi connectivity index (χ1) is 12.2. The predicted molar refractivity (Wildman–Crippen MR) is 95.9 cm³/mol. The van der Waals surface area contributed by atoms with Crippen LogP contribution in [-0.2, 0) is 9.53 Å². The summed E-state index contributed by atoms with van der Waals surface area (Å²) >= 11 is 0. The molecule has 0 unspecified atom stereocenters. The van der Waals surface area contributed by atoms with Crippen molar-refractivity contribution in [2.45, 2.75) is 63.9 Å². The van der Waals surface area contributed by atoms with Crippen molar-refractivity contribution >= 4 is 5.78 Å². The van der Waals surface area contributed by atoms with Crippen molar-refractivity contribution in [3.63, 3.8) is 0 Å². The quantitative estimate of drug-likeness (QED) is 0.746. The molecule has 2 heterocycles. The van der Waals surface area contributed by atoms with Crippen molar-refractivity contribution in [3.8, 4) is 0 Å². The molecule has 130 valence electrons. The lowest BCUT2D eigenvalue weighted by Gasteiger charge is -2.47. The van der Waals surface area contributed by atoms with Crippen molar-refractivity contribution in [1.82, 2.24) is 4.98 Å². The van der Waals surface area contributed by atoms with Gasteiger partial charge in [0.1, 0.15) is 11.9 Å². The molecule has 4 atom stereocenters. The lowest BCUT2D eigenvalue weighted by molar-refractivity contribution is -0.116. The zero-order chi connectivity index (χ0) is 17.0. The second kappa shape index (κ2) is 5.55. The second-order valence-corrected chi connectivity index (χ2v) is 8.40. The predicted octanol–water partition coefficient (Wildman–Crippen LogP) is 4.71. The Bertz CT molecular complexity index is 778. The van der Waals surface area contributed by atoms with E-state index in [0.29, 0.717) is 18.3 Å². The molecule has 0 bridgehead atoms. The second-order valence-electron chi connectivity index (χ2n) is 8.40. The van der Waals surface area contributed by atoms with Gasteiger partial charge in [0.25, 0.3) is 0 Å². The Hall–Kier alpha value is -1.90. The van der Waals surface area contributed by atoms with Crippen molar-refractivity contribution < 1.29 is 9.53 Å². The zero-order valence-corrected chi connectivity index (χ0v) is 14.8. The lowest BCUT2D eigenvalue weighted by atomic mass is 9.61. The summed E-state index contributed by atoms with van der Waals surface area (Å²) in [7, 11) is 0. The fourth-order valence-corrected chi connectivity index (χ4v) is 5.83. The summed E-state index contributed by atoms with van der Waals surface area (Å²) in [6, 6.07) is 4.29. The van der Waals surface area contributed by atoms with Crippen LogP contribution in [0.25, 0.3) is 0 Å². The average molecular weight is 335 g/mol. The van der Waals surface area contributed by atoms with Gasteiger partial charge >= 0.3 is 0 Å². The zero-order valence-electron chi connectivity index (χ0n) is 14.8. The van der Waals surface area contributed by atoms with Crippen LogP contribution in [0.15, 0.2) is 47.5 Å². The normalized spacial score (nSPS) is 36.9. The van der Waals surface area contributed by atoms with Crippen molar-refractivity contribution in [2.75, 3.05) is 0 Å². The molecule has 5 rings (SSSR count). The number of carbonyl (C=O) groups excluding carboxylic acids is 1. The molecule has 0 spiro atoms. The molecule has 3 heteroatoms. The molecule has 2 fully saturated rings. The number of nitrogens with zero attached hydrogens (tertiary/aromatic N) is 1. The van der Waals surface area contributed by atoms with Gasteiger partial charge in [-0.15, -0.1) is 0 Å². The van der Waals surface area contributed by atoms with Crippen molar-refractivity contribution in [3.05, 3.63) is 53.1 Å². The Kier molecular flexibility index (Phi) is 3.41. The molecular formula is C22H25NO2. The third-order valence-electron chi connectivity index (χ3n) is 7.19. The Labute approximate surface area is 149 Å². The highest BCUT2D eigenvalue weighted by Crippen LogP contribution is 2.61. The van der Waals surface area contributed by atoms with Crippen LogP contribution in [0, 0.1) is 11.3 Å². The molecule has 1 aliphatic heterocycles. The minimum Gasteiger partial charge on any atom is -0.489 e. The van der Waals surface area contributed by atoms with E-state index in [4.69, 9.17) is 4.74 Å². The Morgan fingerprint density at radius 3 is 3.00 bits per heavy atom. The molecule has 0 N–H and O–H groups in total. The fraction of sp³-hybridized carbons (Fsp3) is 0.545. The summed E-state index contributed by atoms with van der Waals surface area (Å²) in [6.45, 7) is 2.46. The van der Waals surface area contributed by atoms with Gasteiger partial charge in [0, 0.05) is 31.2 Å². The molecule has 0 radical (unpaired) electrons. The third-order valence-corrected chi connectivity index (χ3v) is 7.19. The number of fused-ring (bicyclic) bond motifs is 3. The van der Waals surface area contributed by atoms with E-state index in [1.807, 2.05) is 12.4 Å². The van der Waals surface area contributed by atoms with E-state index in [1.54, 1.807) is 0 Å². The van der Waals surface area contributed by atoms with Crippen LogP contribution in [0.1, 0.15) is 63.4 Å². The van der Waals surface area contributed by atoms with Crippen LogP contribution < -0.4 is 0 Å². The number of hydrogen-bond acceptors (Lipinski definition) is 3. The molecule has 0 aromatic carbocycles. The van der Waals surface area contributed by atoms with Crippen LogP contribution in [0.5, 0.6) is 0 Å². The van der Waals surface area contributed by atoms with E-state index in [0.717, 1.165) is 30.6 Å². The topological polar surface area (TPSA) is 39.2 Å². The summed E-state index contributed by atoms with van der Waals surface area (Å²) in [4.78, 5) is 16.6. The van der Waals surface area contributed by atoms with E-state index in [1.165, 1.54) is 30.4 Å². The third kappa shape index (κ3) is 2.24. The van der Waals surface area contributed by atoms with Gasteiger partial charge in [-0.1, -0.05) is 13.0 Å². The molecule has 2 saturated carbocycles. The SMILES string of the molecule is C[C@]12CCC3=CC4=C(CCCC4=O)O[C@H]3[C@@H]1CC[C@@H]2c1cccnc1. The Morgan fingerprint density at radius 1 is 1.24 bits per heavy atom. The largest absolute Gasteiger partial charge is 0.489 e. The first-order valence-electron chi connectivity index (χ1n) is 9.70. The van der Waals surface area contributed by atoms with Gasteiger partial charge in [-0.05, 0) is 66.7 Å². The minimum atomic E-state index is 0.185. The monoisotopic (exact) mass is 335 g/mol. The number of aromatic nitrogens is 1. The molecular weight excluding hydrogens is 310 g/mol. The van der Waals surface area contributed by atoms with Crippen LogP contribution in [0.4, 0.5) is 0 Å². The maximum absolute atomic E-state index is 12.2. The van der Waals surface area contributed by atoms with E-state index < -0.39 is 0 Å². The number of allylic oxidation sites excluding steroid dienone is 3. The van der Waals surface area contributed by atoms with Crippen LogP contribution in [-0.4, -0.2) is 16.9 Å². The number of rotatable bonds is 1. The highest BCUT2D eigenvalue weighted by molar-refractivity contribution is 5.99. The molecule has 1 aromatic rings. The van der Waals surface area contributed by atoms with Gasteiger partial charge in [0.2, 0.25) is 0 Å². The summed E-state index contributed by atoms with van der Waals surface area (Å²) in [5, 5.41) is 0. The van der Waals surface area contributed by atoms with Gasteiger partial charge in [-0.3, -0.25) is 9.78 Å². The van der Waals surface area contributed by atoms with E-state index >= 15 is 0 Å². The number of ether oxygens (including phenoxy) is 1. The van der Waals surface area contributed by atoms with Crippen molar-refractivity contribution in [2.24, 2.45) is 11.3 Å². The molecule has 1 aromatic heterocycles. The van der Waals surface area contributed by atoms with Gasteiger partial charge in [0.05, 0.1) is 5.57 Å². The molecule has 0 amide bonds. The molecule has 4 aliphatic rings. The van der Waals surface area contributed by atoms with Crippen molar-refractivity contribution in [1.29, 1.82) is 0 Å². The van der Waals surface area contributed by atoms with Crippen LogP contribution >= 0.6 is 0 Å². The Balaban J connectivity index is 1.48. The number of hydrogen-bond donors (Lipinski definition) is 0. The summed E-state index contributed by atoms with van der Waals surface area (Å²) in [5.74, 6) is 2.36. The minimum absolute atomic E-state index is 0.185. The first kappa shape index (κ1) is 15.4. The number of ketones is 1. The smallest absolute Gasteiger partial charge is 0.166 e. The summed E-state index contributed by atoms with van der Waals surface area (Å²) in [6.07, 6.45) is 13.5. The molecule has 25 heavy (non-hydrogen) atoms. The summed E-state index contributed by atoms with van der Waals surface area (Å²) in [5.41, 5.74) is 3.89. The van der Waals surface area contributed by atoms with Gasteiger partial charge < -0.3 is 4.74 Å². The first-order valence-corrected chi connectivity index (χ1v) is 9.70. The fourth-order valence-electron chi connectivity index (χ4n) is 5.83. The molecule has 3 nitrogen and oxygen atoms in total. The van der Waals surface area contributed by atoms with Crippen LogP contribution in [0.2, 0.25) is 0 Å². The molecule has 3 aliphatic carbocycles. The van der Waals surface area contributed by atoms with Crippen LogP contribution in [0.3, 0.4) is 0 Å². The van der Waals surface area contributed by atoms with Gasteiger partial charge in [0.15, 0.2) is 5.78 Å². The van der Waals surface area contributed by atoms with Gasteiger partial charge in [-0.2, -0.15) is 0 Å². The van der Waals surface area contributed by atoms with E-state index in [2.05, 4.69) is 30.1 Å². The Morgan fingerprint density at radius 2 is 2.16 bits per heavy atom. The number of pyridine rings is 1. The number of Topliss-reactive ketones (excluding diaryl/α,β-unsaturated/α-hetero) is 1. The van der Waals surface area contributed by atoms with E-state index in [9.17, 15) is 4.79 Å². The maximum atomic E-state index is 12.2. The summed E-state index contributed by atoms with van der Waals surface area (Å²) < 4.78 is 6.50. The number of carbonyl (C=O) groups is 1. The lowest BCUT2D eigenvalue weighted by Crippen LogP contribution is -2.43.